The summed E-state index contributed by atoms with van der Waals surface area (Å²) in [6.07, 6.45) is -4.31. The van der Waals surface area contributed by atoms with E-state index in [1.165, 1.54) is 22.6 Å². The Bertz CT molecular complexity index is 548. The van der Waals surface area contributed by atoms with Crippen molar-refractivity contribution in [3.8, 4) is 5.75 Å². The molecular formula is C14H14F3NOS. The van der Waals surface area contributed by atoms with Gasteiger partial charge in [0.15, 0.2) is 6.61 Å². The highest BCUT2D eigenvalue weighted by molar-refractivity contribution is 7.10. The zero-order chi connectivity index (χ0) is 14.6. The molecule has 0 saturated heterocycles. The topological polar surface area (TPSA) is 21.3 Å². The number of ether oxygens (including phenoxy) is 1. The quantitative estimate of drug-likeness (QED) is 0.870. The molecule has 0 unspecified atom stereocenters. The fraction of sp³-hybridized carbons (Fsp3) is 0.286. The number of thiophene rings is 1. The molecular weight excluding hydrogens is 287 g/mol. The van der Waals surface area contributed by atoms with E-state index < -0.39 is 12.8 Å². The molecule has 0 fully saturated rings. The van der Waals surface area contributed by atoms with E-state index in [9.17, 15) is 13.2 Å². The molecule has 0 aliphatic rings. The fourth-order valence-corrected chi connectivity index (χ4v) is 2.45. The van der Waals surface area contributed by atoms with Crippen LogP contribution in [0.5, 0.6) is 5.75 Å². The van der Waals surface area contributed by atoms with Crippen LogP contribution in [-0.4, -0.2) is 12.8 Å². The SMILES string of the molecule is Cc1ccsc1CNc1ccc(OCC(F)(F)F)cc1. The molecule has 20 heavy (non-hydrogen) atoms. The van der Waals surface area contributed by atoms with Gasteiger partial charge in [0.1, 0.15) is 5.75 Å². The van der Waals surface area contributed by atoms with Crippen LogP contribution in [0.15, 0.2) is 35.7 Å². The van der Waals surface area contributed by atoms with Gasteiger partial charge in [-0.3, -0.25) is 0 Å². The van der Waals surface area contributed by atoms with E-state index >= 15 is 0 Å². The van der Waals surface area contributed by atoms with Gasteiger partial charge in [0.05, 0.1) is 0 Å². The summed E-state index contributed by atoms with van der Waals surface area (Å²) in [5, 5.41) is 5.25. The van der Waals surface area contributed by atoms with Gasteiger partial charge in [-0.15, -0.1) is 11.3 Å². The van der Waals surface area contributed by atoms with Gasteiger partial charge in [-0.2, -0.15) is 13.2 Å². The molecule has 0 bridgehead atoms. The molecule has 6 heteroatoms. The van der Waals surface area contributed by atoms with Crippen molar-refractivity contribution in [2.24, 2.45) is 0 Å². The molecule has 2 aromatic rings. The Labute approximate surface area is 119 Å². The van der Waals surface area contributed by atoms with Gasteiger partial charge in [-0.25, -0.2) is 0 Å². The molecule has 0 spiro atoms. The van der Waals surface area contributed by atoms with E-state index in [2.05, 4.69) is 16.1 Å². The first-order chi connectivity index (χ1) is 9.44. The van der Waals surface area contributed by atoms with Crippen molar-refractivity contribution in [2.45, 2.75) is 19.6 Å². The van der Waals surface area contributed by atoms with Crippen molar-refractivity contribution in [3.05, 3.63) is 46.2 Å². The van der Waals surface area contributed by atoms with Gasteiger partial charge in [-0.1, -0.05) is 0 Å². The number of nitrogens with one attached hydrogen (secondary N) is 1. The van der Waals surface area contributed by atoms with Crippen LogP contribution in [0.2, 0.25) is 0 Å². The smallest absolute Gasteiger partial charge is 0.422 e. The lowest BCUT2D eigenvalue weighted by molar-refractivity contribution is -0.153. The third kappa shape index (κ3) is 4.45. The largest absolute Gasteiger partial charge is 0.484 e. The van der Waals surface area contributed by atoms with Crippen LogP contribution >= 0.6 is 11.3 Å². The highest BCUT2D eigenvalue weighted by Crippen LogP contribution is 2.21. The summed E-state index contributed by atoms with van der Waals surface area (Å²) in [6.45, 7) is 1.47. The molecule has 2 rings (SSSR count). The van der Waals surface area contributed by atoms with Crippen LogP contribution in [0.4, 0.5) is 18.9 Å². The number of rotatable bonds is 5. The minimum Gasteiger partial charge on any atom is -0.484 e. The Morgan fingerprint density at radius 3 is 2.40 bits per heavy atom. The van der Waals surface area contributed by atoms with Gasteiger partial charge in [0.2, 0.25) is 0 Å². The summed E-state index contributed by atoms with van der Waals surface area (Å²) in [7, 11) is 0. The predicted octanol–water partition coefficient (Wildman–Crippen LogP) is 4.61. The maximum atomic E-state index is 12.0. The molecule has 0 aliphatic carbocycles. The van der Waals surface area contributed by atoms with Gasteiger partial charge >= 0.3 is 6.18 Å². The summed E-state index contributed by atoms with van der Waals surface area (Å²) < 4.78 is 40.6. The number of benzene rings is 1. The second kappa shape index (κ2) is 6.17. The Kier molecular flexibility index (Phi) is 4.54. The molecule has 0 amide bonds. The van der Waals surface area contributed by atoms with Crippen molar-refractivity contribution in [2.75, 3.05) is 11.9 Å². The zero-order valence-corrected chi connectivity index (χ0v) is 11.6. The Morgan fingerprint density at radius 2 is 1.85 bits per heavy atom. The third-order valence-electron chi connectivity index (χ3n) is 2.68. The normalized spacial score (nSPS) is 11.4. The van der Waals surface area contributed by atoms with Gasteiger partial charge in [-0.05, 0) is 48.2 Å². The van der Waals surface area contributed by atoms with E-state index in [1.807, 2.05) is 12.3 Å². The first-order valence-corrected chi connectivity index (χ1v) is 6.88. The van der Waals surface area contributed by atoms with Crippen LogP contribution in [0.1, 0.15) is 10.4 Å². The van der Waals surface area contributed by atoms with Crippen LogP contribution < -0.4 is 10.1 Å². The van der Waals surface area contributed by atoms with Gasteiger partial charge in [0.25, 0.3) is 0 Å². The van der Waals surface area contributed by atoms with Gasteiger partial charge < -0.3 is 10.1 Å². The molecule has 0 atom stereocenters. The summed E-state index contributed by atoms with van der Waals surface area (Å²) >= 11 is 1.67. The van der Waals surface area contributed by atoms with E-state index in [0.717, 1.165) is 5.69 Å². The molecule has 0 aliphatic heterocycles. The lowest BCUT2D eigenvalue weighted by Gasteiger charge is -2.10. The predicted molar refractivity (Wildman–Crippen MR) is 74.4 cm³/mol. The molecule has 1 heterocycles. The van der Waals surface area contributed by atoms with Crippen molar-refractivity contribution in [1.29, 1.82) is 0 Å². The summed E-state index contributed by atoms with van der Waals surface area (Å²) in [5.74, 6) is 0.208. The van der Waals surface area contributed by atoms with E-state index in [1.54, 1.807) is 23.5 Å². The Hall–Kier alpha value is -1.69. The number of halogens is 3. The summed E-state index contributed by atoms with van der Waals surface area (Å²) in [4.78, 5) is 1.24. The minimum absolute atomic E-state index is 0.208. The first-order valence-electron chi connectivity index (χ1n) is 6.00. The molecule has 108 valence electrons. The average Bonchev–Trinajstić information content (AvgIpc) is 2.80. The van der Waals surface area contributed by atoms with Crippen LogP contribution in [0.25, 0.3) is 0 Å². The molecule has 1 aromatic heterocycles. The standard InChI is InChI=1S/C14H14F3NOS/c1-10-6-7-20-13(10)8-18-11-2-4-12(5-3-11)19-9-14(15,16)17/h2-7,18H,8-9H2,1H3. The monoisotopic (exact) mass is 301 g/mol. The highest BCUT2D eigenvalue weighted by atomic mass is 32.1. The van der Waals surface area contributed by atoms with Crippen molar-refractivity contribution < 1.29 is 17.9 Å². The van der Waals surface area contributed by atoms with Gasteiger partial charge in [0, 0.05) is 17.1 Å². The highest BCUT2D eigenvalue weighted by Gasteiger charge is 2.28. The molecule has 2 nitrogen and oxygen atoms in total. The minimum atomic E-state index is -4.31. The molecule has 0 radical (unpaired) electrons. The van der Waals surface area contributed by atoms with Crippen LogP contribution in [-0.2, 0) is 6.54 Å². The van der Waals surface area contributed by atoms with Crippen molar-refractivity contribution in [1.82, 2.24) is 0 Å². The number of hydrogen-bond donors (Lipinski definition) is 1. The van der Waals surface area contributed by atoms with Crippen molar-refractivity contribution in [3.63, 3.8) is 0 Å². The van der Waals surface area contributed by atoms with E-state index in [0.29, 0.717) is 6.54 Å². The van der Waals surface area contributed by atoms with Crippen LogP contribution in [0.3, 0.4) is 0 Å². The lowest BCUT2D eigenvalue weighted by atomic mass is 10.2. The maximum absolute atomic E-state index is 12.0. The van der Waals surface area contributed by atoms with E-state index in [-0.39, 0.29) is 5.75 Å². The summed E-state index contributed by atoms with van der Waals surface area (Å²) in [6, 6.07) is 8.50. The van der Waals surface area contributed by atoms with E-state index in [4.69, 9.17) is 0 Å². The second-order valence-corrected chi connectivity index (χ2v) is 5.31. The Balaban J connectivity index is 1.87. The lowest BCUT2D eigenvalue weighted by Crippen LogP contribution is -2.19. The number of anilines is 1. The molecule has 0 saturated carbocycles. The molecule has 1 aromatic carbocycles. The second-order valence-electron chi connectivity index (χ2n) is 4.31. The fourth-order valence-electron chi connectivity index (χ4n) is 1.60. The maximum Gasteiger partial charge on any atom is 0.422 e. The average molecular weight is 301 g/mol. The van der Waals surface area contributed by atoms with Crippen molar-refractivity contribution >= 4 is 17.0 Å². The Morgan fingerprint density at radius 1 is 1.15 bits per heavy atom. The number of hydrogen-bond acceptors (Lipinski definition) is 3. The molecule has 1 N–H and O–H groups in total. The third-order valence-corrected chi connectivity index (χ3v) is 3.70. The number of alkyl halides is 3. The summed E-state index contributed by atoms with van der Waals surface area (Å²) in [5.41, 5.74) is 2.07. The zero-order valence-electron chi connectivity index (χ0n) is 10.8. The number of aryl methyl sites for hydroxylation is 1. The van der Waals surface area contributed by atoms with Crippen LogP contribution in [0, 0.1) is 6.92 Å². The first kappa shape index (κ1) is 14.7.